The van der Waals surface area contributed by atoms with Crippen molar-refractivity contribution in [1.29, 1.82) is 0 Å². The first-order chi connectivity index (χ1) is 22.1. The lowest BCUT2D eigenvalue weighted by Gasteiger charge is -2.54. The molecule has 46 heavy (non-hydrogen) atoms. The van der Waals surface area contributed by atoms with E-state index >= 15 is 0 Å². The van der Waals surface area contributed by atoms with E-state index in [4.69, 9.17) is 0 Å². The molecule has 0 atom stereocenters. The molecule has 1 amide bonds. The average Bonchev–Trinajstić information content (AvgIpc) is 3.03. The summed E-state index contributed by atoms with van der Waals surface area (Å²) in [7, 11) is -4.43. The molecule has 0 aliphatic heterocycles. The molecule has 0 saturated heterocycles. The molecule has 3 aromatic carbocycles. The number of sulfonamides is 1. The minimum Gasteiger partial charge on any atom is -0.477 e. The van der Waals surface area contributed by atoms with Crippen molar-refractivity contribution in [3.05, 3.63) is 94.2 Å². The largest absolute Gasteiger partial charge is 0.477 e. The molecule has 1 aromatic heterocycles. The maximum absolute atomic E-state index is 13.2. The number of carboxylic acid groups (broad SMARTS) is 1. The average molecular weight is 641 g/mol. The molecular weight excluding hydrogens is 608 g/mol. The number of amides is 1. The summed E-state index contributed by atoms with van der Waals surface area (Å²) >= 11 is 0. The predicted octanol–water partition coefficient (Wildman–Crippen LogP) is 6.11. The van der Waals surface area contributed by atoms with Gasteiger partial charge >= 0.3 is 5.97 Å². The van der Waals surface area contributed by atoms with Crippen molar-refractivity contribution in [2.45, 2.75) is 37.0 Å². The van der Waals surface area contributed by atoms with Crippen LogP contribution >= 0.6 is 0 Å². The van der Waals surface area contributed by atoms with Gasteiger partial charge < -0.3 is 10.4 Å². The van der Waals surface area contributed by atoms with E-state index in [2.05, 4.69) is 10.3 Å². The number of hydrogen-bond acceptors (Lipinski definition) is 8. The van der Waals surface area contributed by atoms with Crippen molar-refractivity contribution in [1.82, 2.24) is 9.71 Å². The standard InChI is InChI=1S/C34H32N4O7S/c39-33(23-6-4-21(5-7-23)27-3-1-2-22-8-10-30(34(40)41)36-32(22)27)37-46(44,45)26-9-11-29(31(17-26)38(42)43)35-18-28-24-13-19-12-20(15-24)16-25(28)14-19/h1-11,17,19-20,24-25,28,35H,12-16,18H2,(H,37,39)(H,40,41). The minimum absolute atomic E-state index is 0.0511. The van der Waals surface area contributed by atoms with Crippen LogP contribution in [0.3, 0.4) is 0 Å². The van der Waals surface area contributed by atoms with Gasteiger partial charge in [-0.2, -0.15) is 0 Å². The van der Waals surface area contributed by atoms with Crippen LogP contribution in [0.2, 0.25) is 0 Å². The van der Waals surface area contributed by atoms with Gasteiger partial charge in [-0.1, -0.05) is 36.4 Å². The second-order valence-electron chi connectivity index (χ2n) is 12.8. The molecule has 4 saturated carbocycles. The molecule has 4 aliphatic carbocycles. The quantitative estimate of drug-likeness (QED) is 0.144. The fourth-order valence-corrected chi connectivity index (χ4v) is 9.11. The van der Waals surface area contributed by atoms with Gasteiger partial charge in [0.15, 0.2) is 0 Å². The number of aromatic carboxylic acids is 1. The Kier molecular flexibility index (Phi) is 7.47. The third-order valence-corrected chi connectivity index (χ3v) is 11.4. The van der Waals surface area contributed by atoms with E-state index in [1.165, 1.54) is 62.4 Å². The zero-order valence-corrected chi connectivity index (χ0v) is 25.6. The summed E-state index contributed by atoms with van der Waals surface area (Å²) in [6.07, 6.45) is 6.27. The van der Waals surface area contributed by atoms with Gasteiger partial charge in [-0.25, -0.2) is 22.9 Å². The fraction of sp³-hybridized carbons (Fsp3) is 0.324. The normalized spacial score (nSPS) is 23.3. The van der Waals surface area contributed by atoms with Gasteiger partial charge in [0.2, 0.25) is 0 Å². The van der Waals surface area contributed by atoms with Crippen molar-refractivity contribution in [3.8, 4) is 11.1 Å². The number of hydrogen-bond donors (Lipinski definition) is 3. The lowest BCUT2D eigenvalue weighted by Crippen LogP contribution is -2.47. The number of nitro groups is 1. The third-order valence-electron chi connectivity index (χ3n) is 10.1. The number of benzene rings is 3. The molecule has 4 aliphatic rings. The van der Waals surface area contributed by atoms with E-state index < -0.39 is 26.8 Å². The van der Waals surface area contributed by atoms with Gasteiger partial charge in [0.1, 0.15) is 11.4 Å². The minimum atomic E-state index is -4.43. The summed E-state index contributed by atoms with van der Waals surface area (Å²) in [5, 5.41) is 25.3. The van der Waals surface area contributed by atoms with Crippen molar-refractivity contribution in [2.75, 3.05) is 11.9 Å². The van der Waals surface area contributed by atoms with Crippen molar-refractivity contribution < 1.29 is 28.0 Å². The molecule has 4 aromatic rings. The lowest BCUT2D eigenvalue weighted by atomic mass is 9.52. The molecule has 3 N–H and O–H groups in total. The number of anilines is 1. The predicted molar refractivity (Wildman–Crippen MR) is 171 cm³/mol. The number of nitrogens with zero attached hydrogens (tertiary/aromatic N) is 2. The summed E-state index contributed by atoms with van der Waals surface area (Å²) in [5.74, 6) is 1.32. The first-order valence-corrected chi connectivity index (χ1v) is 16.9. The zero-order chi connectivity index (χ0) is 32.2. The highest BCUT2D eigenvalue weighted by atomic mass is 32.2. The second-order valence-corrected chi connectivity index (χ2v) is 14.5. The molecule has 0 radical (unpaired) electrons. The number of carbonyl (C=O) groups excluding carboxylic acids is 1. The molecular formula is C34H32N4O7S. The van der Waals surface area contributed by atoms with E-state index in [-0.39, 0.29) is 27.5 Å². The number of pyridine rings is 1. The maximum atomic E-state index is 13.2. The Bertz CT molecular complexity index is 1970. The monoisotopic (exact) mass is 640 g/mol. The van der Waals surface area contributed by atoms with Crippen molar-refractivity contribution in [2.24, 2.45) is 29.6 Å². The molecule has 4 bridgehead atoms. The van der Waals surface area contributed by atoms with E-state index in [1.54, 1.807) is 36.4 Å². The Morgan fingerprint density at radius 1 is 0.913 bits per heavy atom. The maximum Gasteiger partial charge on any atom is 0.354 e. The number of carboxylic acids is 1. The number of aromatic nitrogens is 1. The SMILES string of the molecule is O=C(NS(=O)(=O)c1ccc(NCC2C3CC4CC(C3)CC2C4)c([N+](=O)[O-])c1)c1ccc(-c2cccc3ccc(C(=O)O)nc23)cc1. The number of fused-ring (bicyclic) bond motifs is 1. The summed E-state index contributed by atoms with van der Waals surface area (Å²) in [6.45, 7) is 0.615. The lowest BCUT2D eigenvalue weighted by molar-refractivity contribution is -0.384. The number of nitro benzene ring substituents is 1. The summed E-state index contributed by atoms with van der Waals surface area (Å²) < 4.78 is 28.3. The number of rotatable bonds is 9. The van der Waals surface area contributed by atoms with Gasteiger partial charge in [-0.05, 0) is 97.6 Å². The Balaban J connectivity index is 1.06. The summed E-state index contributed by atoms with van der Waals surface area (Å²) in [6, 6.07) is 18.2. The van der Waals surface area contributed by atoms with E-state index in [0.717, 1.165) is 23.3 Å². The van der Waals surface area contributed by atoms with Crippen LogP contribution in [0.5, 0.6) is 0 Å². The Labute approximate surface area is 265 Å². The highest BCUT2D eigenvalue weighted by Crippen LogP contribution is 2.56. The van der Waals surface area contributed by atoms with Crippen LogP contribution in [0.15, 0.2) is 77.7 Å². The van der Waals surface area contributed by atoms with Crippen LogP contribution in [-0.2, 0) is 10.0 Å². The van der Waals surface area contributed by atoms with Crippen LogP contribution in [0.25, 0.3) is 22.0 Å². The zero-order valence-electron chi connectivity index (χ0n) is 24.8. The first-order valence-electron chi connectivity index (χ1n) is 15.4. The Hall–Kier alpha value is -4.84. The summed E-state index contributed by atoms with van der Waals surface area (Å²) in [4.78, 5) is 39.7. The Morgan fingerprint density at radius 3 is 2.26 bits per heavy atom. The summed E-state index contributed by atoms with van der Waals surface area (Å²) in [5.41, 5.74) is 1.61. The smallest absolute Gasteiger partial charge is 0.354 e. The van der Waals surface area contributed by atoms with Crippen molar-refractivity contribution in [3.63, 3.8) is 0 Å². The fourth-order valence-electron chi connectivity index (χ4n) is 8.12. The van der Waals surface area contributed by atoms with Gasteiger partial charge in [0, 0.05) is 29.1 Å². The van der Waals surface area contributed by atoms with Gasteiger partial charge in [0.25, 0.3) is 21.6 Å². The van der Waals surface area contributed by atoms with Crippen LogP contribution in [0, 0.1) is 39.7 Å². The molecule has 0 spiro atoms. The molecule has 236 valence electrons. The highest BCUT2D eigenvalue weighted by Gasteiger charge is 2.48. The van der Waals surface area contributed by atoms with Gasteiger partial charge in [0.05, 0.1) is 15.3 Å². The second kappa shape index (κ2) is 11.5. The molecule has 11 nitrogen and oxygen atoms in total. The molecule has 1 heterocycles. The number of nitrogens with one attached hydrogen (secondary N) is 2. The first kappa shape index (κ1) is 29.8. The van der Waals surface area contributed by atoms with E-state index in [0.29, 0.717) is 40.9 Å². The van der Waals surface area contributed by atoms with Gasteiger partial charge in [-0.3, -0.25) is 14.9 Å². The van der Waals surface area contributed by atoms with Crippen LogP contribution in [-0.4, -0.2) is 41.9 Å². The topological polar surface area (TPSA) is 169 Å². The third kappa shape index (κ3) is 5.57. The van der Waals surface area contributed by atoms with E-state index in [1.807, 2.05) is 4.72 Å². The number of para-hydroxylation sites is 1. The van der Waals surface area contributed by atoms with E-state index in [9.17, 15) is 33.2 Å². The molecule has 0 unspecified atom stereocenters. The Morgan fingerprint density at radius 2 is 1.61 bits per heavy atom. The molecule has 8 rings (SSSR count). The van der Waals surface area contributed by atoms with Gasteiger partial charge in [-0.15, -0.1) is 0 Å². The van der Waals surface area contributed by atoms with Crippen LogP contribution in [0.4, 0.5) is 11.4 Å². The number of carbonyl (C=O) groups is 2. The molecule has 12 heteroatoms. The van der Waals surface area contributed by atoms with Crippen LogP contribution in [0.1, 0.15) is 53.0 Å². The van der Waals surface area contributed by atoms with Crippen LogP contribution < -0.4 is 10.0 Å². The highest BCUT2D eigenvalue weighted by molar-refractivity contribution is 7.90. The molecule has 4 fully saturated rings. The van der Waals surface area contributed by atoms with Crippen molar-refractivity contribution >= 4 is 44.2 Å².